The van der Waals surface area contributed by atoms with Crippen molar-refractivity contribution in [3.05, 3.63) is 63.1 Å². The zero-order chi connectivity index (χ0) is 16.4. The smallest absolute Gasteiger partial charge is 0.191 e. The van der Waals surface area contributed by atoms with Gasteiger partial charge >= 0.3 is 0 Å². The molecule has 3 aromatic rings. The highest BCUT2D eigenvalue weighted by Crippen LogP contribution is 2.31. The monoisotopic (exact) mass is 383 g/mol. The van der Waals surface area contributed by atoms with Gasteiger partial charge in [-0.15, -0.1) is 10.2 Å². The van der Waals surface area contributed by atoms with Gasteiger partial charge in [0.05, 0.1) is 5.02 Å². The zero-order valence-corrected chi connectivity index (χ0v) is 15.2. The first-order valence-corrected chi connectivity index (χ1v) is 8.88. The van der Waals surface area contributed by atoms with Gasteiger partial charge in [0.15, 0.2) is 11.0 Å². The lowest BCUT2D eigenvalue weighted by Crippen LogP contribution is -1.95. The third kappa shape index (κ3) is 3.83. The van der Waals surface area contributed by atoms with Crippen LogP contribution in [-0.4, -0.2) is 14.8 Å². The van der Waals surface area contributed by atoms with Gasteiger partial charge in [-0.2, -0.15) is 0 Å². The van der Waals surface area contributed by atoms with Crippen molar-refractivity contribution >= 4 is 46.6 Å². The van der Waals surface area contributed by atoms with Gasteiger partial charge in [-0.3, -0.25) is 0 Å². The molecule has 0 aliphatic carbocycles. The molecule has 3 rings (SSSR count). The summed E-state index contributed by atoms with van der Waals surface area (Å²) in [5.74, 6) is 1.50. The van der Waals surface area contributed by atoms with Gasteiger partial charge in [-0.1, -0.05) is 58.7 Å². The maximum atomic E-state index is 6.25. The van der Waals surface area contributed by atoms with E-state index in [-0.39, 0.29) is 0 Å². The summed E-state index contributed by atoms with van der Waals surface area (Å²) in [4.78, 5) is 0. The zero-order valence-electron chi connectivity index (χ0n) is 12.1. The topological polar surface area (TPSA) is 30.7 Å². The third-order valence-electron chi connectivity index (χ3n) is 3.29. The number of rotatable bonds is 4. The van der Waals surface area contributed by atoms with E-state index < -0.39 is 0 Å². The molecule has 7 heteroatoms. The van der Waals surface area contributed by atoms with Crippen molar-refractivity contribution in [2.45, 2.75) is 10.9 Å². The second-order valence-electron chi connectivity index (χ2n) is 4.90. The van der Waals surface area contributed by atoms with E-state index in [4.69, 9.17) is 34.8 Å². The van der Waals surface area contributed by atoms with Crippen molar-refractivity contribution in [1.29, 1.82) is 0 Å². The summed E-state index contributed by atoms with van der Waals surface area (Å²) in [7, 11) is 1.92. The van der Waals surface area contributed by atoms with Crippen LogP contribution in [0.15, 0.2) is 47.6 Å². The molecule has 0 atom stereocenters. The van der Waals surface area contributed by atoms with Crippen LogP contribution in [0.4, 0.5) is 0 Å². The minimum atomic E-state index is 0.558. The van der Waals surface area contributed by atoms with Crippen LogP contribution in [0.3, 0.4) is 0 Å². The number of benzene rings is 2. The Labute approximate surface area is 153 Å². The number of halogens is 3. The highest BCUT2D eigenvalue weighted by atomic mass is 35.5. The predicted octanol–water partition coefficient (Wildman–Crippen LogP) is 5.73. The molecule has 0 N–H and O–H groups in total. The SMILES string of the molecule is Cn1c(SCc2ccc(Cl)cc2)nnc1-c1ccc(Cl)cc1Cl. The summed E-state index contributed by atoms with van der Waals surface area (Å²) in [5, 5.41) is 11.2. The van der Waals surface area contributed by atoms with Gasteiger partial charge < -0.3 is 4.57 Å². The molecule has 1 aromatic heterocycles. The average Bonchev–Trinajstić information content (AvgIpc) is 2.88. The van der Waals surface area contributed by atoms with Crippen LogP contribution in [0.2, 0.25) is 15.1 Å². The van der Waals surface area contributed by atoms with Gasteiger partial charge in [0.2, 0.25) is 0 Å². The summed E-state index contributed by atoms with van der Waals surface area (Å²) >= 11 is 19.7. The van der Waals surface area contributed by atoms with Crippen LogP contribution in [0.25, 0.3) is 11.4 Å². The van der Waals surface area contributed by atoms with Crippen LogP contribution in [0.5, 0.6) is 0 Å². The lowest BCUT2D eigenvalue weighted by Gasteiger charge is -2.06. The Kier molecular flexibility index (Phi) is 5.17. The third-order valence-corrected chi connectivity index (χ3v) is 5.18. The predicted molar refractivity (Wildman–Crippen MR) is 97.5 cm³/mol. The Morgan fingerprint density at radius 2 is 1.65 bits per heavy atom. The number of hydrogen-bond acceptors (Lipinski definition) is 3. The fourth-order valence-electron chi connectivity index (χ4n) is 2.07. The van der Waals surface area contributed by atoms with Crippen molar-refractivity contribution in [3.63, 3.8) is 0 Å². The van der Waals surface area contributed by atoms with Crippen LogP contribution < -0.4 is 0 Å². The lowest BCUT2D eigenvalue weighted by molar-refractivity contribution is 0.794. The molecule has 118 valence electrons. The Morgan fingerprint density at radius 1 is 0.957 bits per heavy atom. The summed E-state index contributed by atoms with van der Waals surface area (Å²) in [6, 6.07) is 13.1. The largest absolute Gasteiger partial charge is 0.305 e. The van der Waals surface area contributed by atoms with E-state index in [1.807, 2.05) is 41.9 Å². The maximum absolute atomic E-state index is 6.25. The Hall–Kier alpha value is -1.20. The molecule has 0 spiro atoms. The molecule has 0 radical (unpaired) electrons. The molecule has 3 nitrogen and oxygen atoms in total. The first kappa shape index (κ1) is 16.7. The van der Waals surface area contributed by atoms with Gasteiger partial charge in [-0.25, -0.2) is 0 Å². The fourth-order valence-corrected chi connectivity index (χ4v) is 3.56. The van der Waals surface area contributed by atoms with E-state index in [0.29, 0.717) is 15.9 Å². The summed E-state index contributed by atoms with van der Waals surface area (Å²) in [6.45, 7) is 0. The minimum Gasteiger partial charge on any atom is -0.305 e. The number of nitrogens with zero attached hydrogens (tertiary/aromatic N) is 3. The van der Waals surface area contributed by atoms with E-state index in [2.05, 4.69) is 10.2 Å². The summed E-state index contributed by atoms with van der Waals surface area (Å²) in [6.07, 6.45) is 0. The molecular formula is C16H12Cl3N3S. The number of hydrogen-bond donors (Lipinski definition) is 0. The molecule has 0 amide bonds. The molecule has 0 saturated carbocycles. The van der Waals surface area contributed by atoms with Crippen LogP contribution in [0, 0.1) is 0 Å². The van der Waals surface area contributed by atoms with Crippen molar-refractivity contribution in [3.8, 4) is 11.4 Å². The fraction of sp³-hybridized carbons (Fsp3) is 0.125. The van der Waals surface area contributed by atoms with E-state index >= 15 is 0 Å². The molecule has 2 aromatic carbocycles. The quantitative estimate of drug-likeness (QED) is 0.538. The van der Waals surface area contributed by atoms with Gasteiger partial charge in [-0.05, 0) is 35.9 Å². The second-order valence-corrected chi connectivity index (χ2v) is 7.13. The lowest BCUT2D eigenvalue weighted by atomic mass is 10.2. The van der Waals surface area contributed by atoms with Crippen LogP contribution >= 0.6 is 46.6 Å². The van der Waals surface area contributed by atoms with E-state index in [1.54, 1.807) is 23.9 Å². The molecule has 0 bridgehead atoms. The van der Waals surface area contributed by atoms with Crippen molar-refractivity contribution in [1.82, 2.24) is 14.8 Å². The van der Waals surface area contributed by atoms with Crippen molar-refractivity contribution < 1.29 is 0 Å². The van der Waals surface area contributed by atoms with Gasteiger partial charge in [0, 0.05) is 28.4 Å². The van der Waals surface area contributed by atoms with Crippen molar-refractivity contribution in [2.24, 2.45) is 7.05 Å². The molecule has 0 aliphatic rings. The molecule has 0 fully saturated rings. The van der Waals surface area contributed by atoms with E-state index in [1.165, 1.54) is 5.56 Å². The molecule has 0 aliphatic heterocycles. The Bertz CT molecular complexity index is 831. The van der Waals surface area contributed by atoms with Gasteiger partial charge in [0.25, 0.3) is 0 Å². The summed E-state index contributed by atoms with van der Waals surface area (Å²) < 4.78 is 1.93. The first-order chi connectivity index (χ1) is 11.0. The Morgan fingerprint density at radius 3 is 2.35 bits per heavy atom. The van der Waals surface area contributed by atoms with E-state index in [9.17, 15) is 0 Å². The minimum absolute atomic E-state index is 0.558. The van der Waals surface area contributed by atoms with Crippen LogP contribution in [-0.2, 0) is 12.8 Å². The normalized spacial score (nSPS) is 11.0. The highest BCUT2D eigenvalue weighted by Gasteiger charge is 2.14. The number of thioether (sulfide) groups is 1. The standard InChI is InChI=1S/C16H12Cl3N3S/c1-22-15(13-7-6-12(18)8-14(13)19)20-21-16(22)23-9-10-2-4-11(17)5-3-10/h2-8H,9H2,1H3. The Balaban J connectivity index is 1.80. The molecule has 0 unspecified atom stereocenters. The average molecular weight is 385 g/mol. The summed E-state index contributed by atoms with van der Waals surface area (Å²) in [5.41, 5.74) is 1.98. The molecule has 0 saturated heterocycles. The highest BCUT2D eigenvalue weighted by molar-refractivity contribution is 7.98. The van der Waals surface area contributed by atoms with Gasteiger partial charge in [0.1, 0.15) is 0 Å². The molecular weight excluding hydrogens is 373 g/mol. The second kappa shape index (κ2) is 7.14. The van der Waals surface area contributed by atoms with E-state index in [0.717, 1.165) is 21.5 Å². The number of aromatic nitrogens is 3. The molecule has 1 heterocycles. The first-order valence-electron chi connectivity index (χ1n) is 6.76. The molecule has 23 heavy (non-hydrogen) atoms. The van der Waals surface area contributed by atoms with Crippen molar-refractivity contribution in [2.75, 3.05) is 0 Å². The maximum Gasteiger partial charge on any atom is 0.191 e. The van der Waals surface area contributed by atoms with Crippen LogP contribution in [0.1, 0.15) is 5.56 Å².